The molecule has 8 heteroatoms. The van der Waals surface area contributed by atoms with E-state index >= 15 is 0 Å². The van der Waals surface area contributed by atoms with Gasteiger partial charge in [0.05, 0.1) is 14.2 Å². The Bertz CT molecular complexity index is 1580. The second-order valence-corrected chi connectivity index (χ2v) is 8.15. The Kier molecular flexibility index (Phi) is 6.03. The van der Waals surface area contributed by atoms with Crippen LogP contribution in [0.2, 0.25) is 0 Å². The van der Waals surface area contributed by atoms with Gasteiger partial charge in [0.1, 0.15) is 5.52 Å². The van der Waals surface area contributed by atoms with Gasteiger partial charge in [-0.15, -0.1) is 0 Å². The molecule has 0 atom stereocenters. The largest absolute Gasteiger partial charge is 0.493 e. The monoisotopic (exact) mass is 483 g/mol. The summed E-state index contributed by atoms with van der Waals surface area (Å²) in [6, 6.07) is 24.6. The summed E-state index contributed by atoms with van der Waals surface area (Å²) in [7, 11) is 3.05. The fourth-order valence-electron chi connectivity index (χ4n) is 3.77. The molecule has 1 aromatic heterocycles. The topological polar surface area (TPSA) is 85.6 Å². The van der Waals surface area contributed by atoms with E-state index in [9.17, 15) is 4.79 Å². The number of methoxy groups -OCH3 is 2. The molecule has 2 N–H and O–H groups in total. The zero-order chi connectivity index (χ0) is 24.4. The van der Waals surface area contributed by atoms with Crippen LogP contribution in [0.4, 0.5) is 5.69 Å². The summed E-state index contributed by atoms with van der Waals surface area (Å²) in [5.41, 5.74) is 3.28. The number of thiocarbonyl (C=S) groups is 1. The summed E-state index contributed by atoms with van der Waals surface area (Å²) >= 11 is 5.33. The second-order valence-electron chi connectivity index (χ2n) is 7.74. The van der Waals surface area contributed by atoms with Crippen molar-refractivity contribution in [2.75, 3.05) is 19.5 Å². The van der Waals surface area contributed by atoms with Crippen molar-refractivity contribution in [3.8, 4) is 23.0 Å². The van der Waals surface area contributed by atoms with Crippen LogP contribution in [-0.4, -0.2) is 30.2 Å². The van der Waals surface area contributed by atoms with Gasteiger partial charge in [0.2, 0.25) is 5.89 Å². The zero-order valence-corrected chi connectivity index (χ0v) is 19.8. The number of hydrogen-bond donors (Lipinski definition) is 2. The van der Waals surface area contributed by atoms with Crippen molar-refractivity contribution in [3.63, 3.8) is 0 Å². The molecule has 7 nitrogen and oxygen atoms in total. The van der Waals surface area contributed by atoms with Gasteiger partial charge in [-0.05, 0) is 71.5 Å². The van der Waals surface area contributed by atoms with E-state index in [-0.39, 0.29) is 11.0 Å². The number of aromatic nitrogens is 1. The maximum Gasteiger partial charge on any atom is 0.257 e. The number of fused-ring (bicyclic) bond motifs is 2. The second kappa shape index (κ2) is 9.44. The summed E-state index contributed by atoms with van der Waals surface area (Å²) in [6.45, 7) is 0. The molecule has 0 aliphatic carbocycles. The fraction of sp³-hybridized carbons (Fsp3) is 0.0741. The number of nitrogens with zero attached hydrogens (tertiary/aromatic N) is 1. The fourth-order valence-corrected chi connectivity index (χ4v) is 3.98. The number of oxazole rings is 1. The first-order valence-corrected chi connectivity index (χ1v) is 11.2. The van der Waals surface area contributed by atoms with Crippen LogP contribution in [0.3, 0.4) is 0 Å². The molecular weight excluding hydrogens is 462 g/mol. The Morgan fingerprint density at radius 2 is 1.69 bits per heavy atom. The minimum absolute atomic E-state index is 0.155. The molecule has 5 rings (SSSR count). The van der Waals surface area contributed by atoms with Crippen LogP contribution in [-0.2, 0) is 0 Å². The average molecular weight is 484 g/mol. The van der Waals surface area contributed by atoms with Gasteiger partial charge in [-0.3, -0.25) is 10.1 Å². The molecule has 35 heavy (non-hydrogen) atoms. The Morgan fingerprint density at radius 1 is 0.886 bits per heavy atom. The van der Waals surface area contributed by atoms with Crippen LogP contribution >= 0.6 is 12.2 Å². The van der Waals surface area contributed by atoms with E-state index in [0.29, 0.717) is 39.7 Å². The van der Waals surface area contributed by atoms with Gasteiger partial charge in [-0.1, -0.05) is 30.3 Å². The molecule has 0 aliphatic heterocycles. The van der Waals surface area contributed by atoms with Crippen LogP contribution in [0.5, 0.6) is 11.5 Å². The molecule has 0 bridgehead atoms. The molecule has 0 unspecified atom stereocenters. The van der Waals surface area contributed by atoms with Crippen LogP contribution in [0.25, 0.3) is 33.3 Å². The third kappa shape index (κ3) is 4.64. The van der Waals surface area contributed by atoms with Crippen molar-refractivity contribution >= 4 is 50.8 Å². The number of nitrogens with one attached hydrogen (secondary N) is 2. The summed E-state index contributed by atoms with van der Waals surface area (Å²) in [5.74, 6) is 1.16. The lowest BCUT2D eigenvalue weighted by Gasteiger charge is -2.11. The van der Waals surface area contributed by atoms with Crippen molar-refractivity contribution in [2.45, 2.75) is 0 Å². The van der Waals surface area contributed by atoms with E-state index in [4.69, 9.17) is 26.1 Å². The van der Waals surface area contributed by atoms with Crippen LogP contribution in [0.15, 0.2) is 83.3 Å². The van der Waals surface area contributed by atoms with Crippen molar-refractivity contribution in [2.24, 2.45) is 0 Å². The van der Waals surface area contributed by atoms with E-state index in [1.54, 1.807) is 18.2 Å². The SMILES string of the molecule is COc1ccc(C(=O)NC(=S)Nc2ccc3oc(-c4ccc5ccccc5c4)nc3c2)cc1OC. The van der Waals surface area contributed by atoms with Gasteiger partial charge < -0.3 is 19.2 Å². The Labute approximate surface area is 206 Å². The lowest BCUT2D eigenvalue weighted by atomic mass is 10.1. The van der Waals surface area contributed by atoms with Crippen molar-refractivity contribution in [1.82, 2.24) is 10.3 Å². The third-order valence-corrected chi connectivity index (χ3v) is 5.72. The predicted molar refractivity (Wildman–Crippen MR) is 140 cm³/mol. The molecular formula is C27H21N3O4S. The van der Waals surface area contributed by atoms with Crippen molar-refractivity contribution < 1.29 is 18.7 Å². The van der Waals surface area contributed by atoms with Crippen LogP contribution < -0.4 is 20.1 Å². The third-order valence-electron chi connectivity index (χ3n) is 5.51. The number of amides is 1. The highest BCUT2D eigenvalue weighted by atomic mass is 32.1. The van der Waals surface area contributed by atoms with Gasteiger partial charge >= 0.3 is 0 Å². The molecule has 0 saturated carbocycles. The Balaban J connectivity index is 1.31. The first-order valence-electron chi connectivity index (χ1n) is 10.8. The number of hydrogen-bond acceptors (Lipinski definition) is 6. The molecule has 4 aromatic carbocycles. The Hall–Kier alpha value is -4.43. The van der Waals surface area contributed by atoms with Gasteiger partial charge in [0.25, 0.3) is 5.91 Å². The van der Waals surface area contributed by atoms with Crippen LogP contribution in [0, 0.1) is 0 Å². The minimum atomic E-state index is -0.371. The van der Waals surface area contributed by atoms with E-state index in [0.717, 1.165) is 16.3 Å². The normalized spacial score (nSPS) is 10.8. The number of benzene rings is 4. The number of rotatable bonds is 5. The predicted octanol–water partition coefficient (Wildman–Crippen LogP) is 5.79. The summed E-state index contributed by atoms with van der Waals surface area (Å²) in [4.78, 5) is 17.3. The van der Waals surface area contributed by atoms with E-state index in [1.807, 2.05) is 42.5 Å². The van der Waals surface area contributed by atoms with Gasteiger partial charge in [-0.2, -0.15) is 0 Å². The van der Waals surface area contributed by atoms with Gasteiger partial charge in [0, 0.05) is 16.8 Å². The first-order chi connectivity index (χ1) is 17.0. The lowest BCUT2D eigenvalue weighted by Crippen LogP contribution is -2.34. The van der Waals surface area contributed by atoms with Crippen molar-refractivity contribution in [1.29, 1.82) is 0 Å². The quantitative estimate of drug-likeness (QED) is 0.306. The molecule has 0 saturated heterocycles. The summed E-state index contributed by atoms with van der Waals surface area (Å²) < 4.78 is 16.4. The standard InChI is InChI=1S/C27H21N3O4S/c1-32-23-11-9-18(14-24(23)33-2)25(31)30-27(35)28-20-10-12-22-21(15-20)29-26(34-22)19-8-7-16-5-3-4-6-17(16)13-19/h3-15H,1-2H3,(H2,28,30,31,35). The Morgan fingerprint density at radius 3 is 2.49 bits per heavy atom. The number of ether oxygens (including phenoxy) is 2. The van der Waals surface area contributed by atoms with Gasteiger partial charge in [0.15, 0.2) is 22.2 Å². The summed E-state index contributed by atoms with van der Waals surface area (Å²) in [5, 5.41) is 8.12. The molecule has 0 radical (unpaired) electrons. The highest BCUT2D eigenvalue weighted by Crippen LogP contribution is 2.29. The smallest absolute Gasteiger partial charge is 0.257 e. The average Bonchev–Trinajstić information content (AvgIpc) is 3.31. The zero-order valence-electron chi connectivity index (χ0n) is 19.0. The molecule has 0 fully saturated rings. The maximum absolute atomic E-state index is 12.6. The molecule has 0 aliphatic rings. The number of anilines is 1. The minimum Gasteiger partial charge on any atom is -0.493 e. The summed E-state index contributed by atoms with van der Waals surface area (Å²) in [6.07, 6.45) is 0. The van der Waals surface area contributed by atoms with Crippen molar-refractivity contribution in [3.05, 3.63) is 84.4 Å². The molecule has 174 valence electrons. The molecule has 5 aromatic rings. The molecule has 1 heterocycles. The maximum atomic E-state index is 12.6. The van der Waals surface area contributed by atoms with E-state index in [2.05, 4.69) is 33.8 Å². The van der Waals surface area contributed by atoms with E-state index in [1.165, 1.54) is 14.2 Å². The highest BCUT2D eigenvalue weighted by Gasteiger charge is 2.13. The number of carbonyl (C=O) groups excluding carboxylic acids is 1. The highest BCUT2D eigenvalue weighted by molar-refractivity contribution is 7.80. The number of carbonyl (C=O) groups is 1. The molecule has 0 spiro atoms. The lowest BCUT2D eigenvalue weighted by molar-refractivity contribution is 0.0977. The molecule has 1 amide bonds. The van der Waals surface area contributed by atoms with E-state index < -0.39 is 0 Å². The van der Waals surface area contributed by atoms with Gasteiger partial charge in [-0.25, -0.2) is 4.98 Å². The first kappa shape index (κ1) is 22.4. The van der Waals surface area contributed by atoms with Crippen LogP contribution in [0.1, 0.15) is 10.4 Å².